The van der Waals surface area contributed by atoms with Crippen molar-refractivity contribution in [2.24, 2.45) is 5.73 Å². The van der Waals surface area contributed by atoms with Crippen LogP contribution in [0, 0.1) is 0 Å². The average Bonchev–Trinajstić information content (AvgIpc) is 2.92. The van der Waals surface area contributed by atoms with Gasteiger partial charge in [-0.2, -0.15) is 0 Å². The predicted octanol–water partition coefficient (Wildman–Crippen LogP) is 1.15. The number of nitrogens with two attached hydrogens (primary N) is 1. The van der Waals surface area contributed by atoms with Crippen molar-refractivity contribution >= 4 is 53.6 Å². The highest BCUT2D eigenvalue weighted by Crippen LogP contribution is 2.30. The van der Waals surface area contributed by atoms with Crippen LogP contribution in [0.4, 0.5) is 5.69 Å². The molecule has 1 aromatic rings. The Kier molecular flexibility index (Phi) is 8.74. The maximum absolute atomic E-state index is 12.5. The second-order valence-electron chi connectivity index (χ2n) is 5.49. The van der Waals surface area contributed by atoms with E-state index in [9.17, 15) is 19.2 Å². The van der Waals surface area contributed by atoms with Gasteiger partial charge in [-0.1, -0.05) is 0 Å². The summed E-state index contributed by atoms with van der Waals surface area (Å²) in [6.07, 6.45) is 0.0256. The van der Waals surface area contributed by atoms with Crippen molar-refractivity contribution < 1.29 is 28.7 Å². The lowest BCUT2D eigenvalue weighted by Gasteiger charge is -2.16. The molecule has 1 aliphatic rings. The quantitative estimate of drug-likeness (QED) is 0.519. The first-order chi connectivity index (χ1) is 12.4. The number of imide groups is 1. The van der Waals surface area contributed by atoms with Crippen molar-refractivity contribution in [3.05, 3.63) is 29.8 Å². The zero-order chi connectivity index (χ0) is 19.3. The highest BCUT2D eigenvalue weighted by molar-refractivity contribution is 8.00. The highest BCUT2D eigenvalue weighted by Gasteiger charge is 2.40. The summed E-state index contributed by atoms with van der Waals surface area (Å²) >= 11 is 1.16. The van der Waals surface area contributed by atoms with E-state index in [-0.39, 0.29) is 43.0 Å². The molecule has 0 bridgehead atoms. The van der Waals surface area contributed by atoms with Gasteiger partial charge in [-0.05, 0) is 31.2 Å². The Bertz CT molecular complexity index is 712. The first-order valence-electron chi connectivity index (χ1n) is 7.98. The number of hydrogen-bond acceptors (Lipinski definition) is 8. The molecule has 0 radical (unpaired) electrons. The molecular formula is C17H21ClN2O6S. The van der Waals surface area contributed by atoms with Crippen molar-refractivity contribution in [2.75, 3.05) is 24.4 Å². The maximum atomic E-state index is 12.5. The van der Waals surface area contributed by atoms with Crippen LogP contribution in [0.15, 0.2) is 24.3 Å². The van der Waals surface area contributed by atoms with Gasteiger partial charge in [0.05, 0.1) is 30.2 Å². The van der Waals surface area contributed by atoms with Crippen LogP contribution >= 0.6 is 24.2 Å². The smallest absolute Gasteiger partial charge is 0.337 e. The van der Waals surface area contributed by atoms with E-state index in [0.29, 0.717) is 11.3 Å². The molecule has 1 heterocycles. The largest absolute Gasteiger partial charge is 0.465 e. The molecular weight excluding hydrogens is 396 g/mol. The molecule has 2 N–H and O–H groups in total. The minimum Gasteiger partial charge on any atom is -0.465 e. The van der Waals surface area contributed by atoms with E-state index in [4.69, 9.17) is 10.5 Å². The van der Waals surface area contributed by atoms with E-state index in [0.717, 1.165) is 16.7 Å². The van der Waals surface area contributed by atoms with E-state index in [1.165, 1.54) is 31.4 Å². The molecule has 10 heteroatoms. The number of nitrogens with zero attached hydrogens (tertiary/aromatic N) is 1. The first kappa shape index (κ1) is 22.9. The molecule has 0 saturated carbocycles. The van der Waals surface area contributed by atoms with E-state index < -0.39 is 23.2 Å². The molecule has 2 rings (SSSR count). The number of carbonyl (C=O) groups excluding carboxylic acids is 4. The third-order valence-corrected chi connectivity index (χ3v) is 5.04. The van der Waals surface area contributed by atoms with Crippen LogP contribution in [0.2, 0.25) is 0 Å². The topological polar surface area (TPSA) is 116 Å². The van der Waals surface area contributed by atoms with Gasteiger partial charge in [-0.25, -0.2) is 9.69 Å². The molecule has 0 spiro atoms. The lowest BCUT2D eigenvalue weighted by molar-refractivity contribution is -0.144. The summed E-state index contributed by atoms with van der Waals surface area (Å²) in [7, 11) is 1.27. The Hall–Kier alpha value is -2.10. The summed E-state index contributed by atoms with van der Waals surface area (Å²) in [6.45, 7) is 1.91. The molecule has 0 aliphatic carbocycles. The molecule has 1 fully saturated rings. The fraction of sp³-hybridized carbons (Fsp3) is 0.412. The van der Waals surface area contributed by atoms with Gasteiger partial charge in [0.1, 0.15) is 6.04 Å². The standard InChI is InChI=1S/C17H20N2O6S.ClH/c1-3-25-17(23)12(18)9-26-13-8-14(20)19(15(13)21)11-6-4-10(5-7-11)16(22)24-2;/h4-7,12-13H,3,8-9,18H2,1-2H3;1H/t12-,13?;/m1./s1. The molecule has 1 unspecified atom stereocenters. The van der Waals surface area contributed by atoms with E-state index in [1.54, 1.807) is 6.92 Å². The van der Waals surface area contributed by atoms with Gasteiger partial charge in [0.15, 0.2) is 0 Å². The van der Waals surface area contributed by atoms with Crippen LogP contribution in [0.3, 0.4) is 0 Å². The molecule has 2 amide bonds. The first-order valence-corrected chi connectivity index (χ1v) is 9.02. The van der Waals surface area contributed by atoms with E-state index >= 15 is 0 Å². The lowest BCUT2D eigenvalue weighted by atomic mass is 10.2. The van der Waals surface area contributed by atoms with Gasteiger partial charge >= 0.3 is 11.9 Å². The van der Waals surface area contributed by atoms with E-state index in [1.807, 2.05) is 0 Å². The molecule has 27 heavy (non-hydrogen) atoms. The van der Waals surface area contributed by atoms with Crippen LogP contribution in [-0.4, -0.2) is 54.5 Å². The molecule has 8 nitrogen and oxygen atoms in total. The number of amides is 2. The zero-order valence-electron chi connectivity index (χ0n) is 14.9. The monoisotopic (exact) mass is 416 g/mol. The summed E-state index contributed by atoms with van der Waals surface area (Å²) in [6, 6.07) is 5.15. The molecule has 148 valence electrons. The fourth-order valence-electron chi connectivity index (χ4n) is 2.41. The molecule has 2 atom stereocenters. The number of hydrogen-bond donors (Lipinski definition) is 1. The number of methoxy groups -OCH3 is 1. The number of anilines is 1. The molecule has 0 aromatic heterocycles. The third kappa shape index (κ3) is 5.44. The van der Waals surface area contributed by atoms with E-state index in [2.05, 4.69) is 4.74 Å². The van der Waals surface area contributed by atoms with Gasteiger partial charge in [-0.15, -0.1) is 24.2 Å². The fourth-order valence-corrected chi connectivity index (χ4v) is 3.49. The Morgan fingerprint density at radius 1 is 1.30 bits per heavy atom. The molecule has 1 aliphatic heterocycles. The Morgan fingerprint density at radius 3 is 2.48 bits per heavy atom. The number of thioether (sulfide) groups is 1. The van der Waals surface area contributed by atoms with Crippen LogP contribution in [0.5, 0.6) is 0 Å². The summed E-state index contributed by atoms with van der Waals surface area (Å²) in [4.78, 5) is 48.8. The summed E-state index contributed by atoms with van der Waals surface area (Å²) in [5.41, 5.74) is 6.42. The van der Waals surface area contributed by atoms with Crippen LogP contribution in [0.25, 0.3) is 0 Å². The predicted molar refractivity (Wildman–Crippen MR) is 103 cm³/mol. The Balaban J connectivity index is 0.00000364. The second-order valence-corrected chi connectivity index (χ2v) is 6.73. The van der Waals surface area contributed by atoms with Gasteiger partial charge in [0, 0.05) is 12.2 Å². The van der Waals surface area contributed by atoms with Crippen molar-refractivity contribution in [1.82, 2.24) is 0 Å². The second kappa shape index (κ2) is 10.3. The van der Waals surface area contributed by atoms with Crippen LogP contribution in [-0.2, 0) is 23.9 Å². The average molecular weight is 417 g/mol. The number of esters is 2. The van der Waals surface area contributed by atoms with Crippen molar-refractivity contribution in [3.63, 3.8) is 0 Å². The number of benzene rings is 1. The Morgan fingerprint density at radius 2 is 1.93 bits per heavy atom. The summed E-state index contributed by atoms with van der Waals surface area (Å²) in [5.74, 6) is -1.58. The van der Waals surface area contributed by atoms with Crippen LogP contribution < -0.4 is 10.6 Å². The number of carbonyl (C=O) groups is 4. The lowest BCUT2D eigenvalue weighted by Crippen LogP contribution is -2.36. The van der Waals surface area contributed by atoms with Gasteiger partial charge in [0.2, 0.25) is 11.8 Å². The molecule has 1 saturated heterocycles. The minimum atomic E-state index is -0.851. The third-order valence-electron chi connectivity index (χ3n) is 3.72. The number of halogens is 1. The SMILES string of the molecule is CCOC(=O)[C@H](N)CSC1CC(=O)N(c2ccc(C(=O)OC)cc2)C1=O.Cl. The van der Waals surface area contributed by atoms with Crippen molar-refractivity contribution in [3.8, 4) is 0 Å². The minimum absolute atomic E-state index is 0. The van der Waals surface area contributed by atoms with Crippen LogP contribution in [0.1, 0.15) is 23.7 Å². The normalized spacial score (nSPS) is 17.3. The highest BCUT2D eigenvalue weighted by atomic mass is 35.5. The van der Waals surface area contributed by atoms with Crippen molar-refractivity contribution in [1.29, 1.82) is 0 Å². The van der Waals surface area contributed by atoms with Gasteiger partial charge < -0.3 is 15.2 Å². The van der Waals surface area contributed by atoms with Gasteiger partial charge in [-0.3, -0.25) is 14.4 Å². The maximum Gasteiger partial charge on any atom is 0.337 e. The molecule has 1 aromatic carbocycles. The Labute approximate surface area is 167 Å². The zero-order valence-corrected chi connectivity index (χ0v) is 16.5. The van der Waals surface area contributed by atoms with Crippen molar-refractivity contribution in [2.45, 2.75) is 24.6 Å². The summed E-state index contributed by atoms with van der Waals surface area (Å²) < 4.78 is 9.43. The number of ether oxygens (including phenoxy) is 2. The summed E-state index contributed by atoms with van der Waals surface area (Å²) in [5, 5.41) is -0.608. The van der Waals surface area contributed by atoms with Gasteiger partial charge in [0.25, 0.3) is 0 Å². The number of rotatable bonds is 7.